The summed E-state index contributed by atoms with van der Waals surface area (Å²) < 4.78 is 31.2. The van der Waals surface area contributed by atoms with E-state index in [1.165, 1.54) is 0 Å². The Bertz CT molecular complexity index is 711. The molecule has 0 saturated carbocycles. The maximum Gasteiger partial charge on any atom is 0.333 e. The molecule has 0 spiro atoms. The summed E-state index contributed by atoms with van der Waals surface area (Å²) in [7, 11) is 11.3. The third-order valence-electron chi connectivity index (χ3n) is 8.37. The minimum atomic E-state index is -1.67. The van der Waals surface area contributed by atoms with Crippen LogP contribution < -0.4 is 0 Å². The Balaban J connectivity index is 1.46. The lowest BCUT2D eigenvalue weighted by molar-refractivity contribution is -0.0692. The molecule has 9 heteroatoms. The number of ether oxygens (including phenoxy) is 2. The summed E-state index contributed by atoms with van der Waals surface area (Å²) in [5, 5.41) is 0. The van der Waals surface area contributed by atoms with Crippen LogP contribution >= 0.6 is 8.60 Å². The monoisotopic (exact) mass is 431 g/mol. The summed E-state index contributed by atoms with van der Waals surface area (Å²) in [5.41, 5.74) is -2.02. The molecule has 0 aromatic rings. The third-order valence-corrected chi connectivity index (χ3v) is 9.50. The van der Waals surface area contributed by atoms with Crippen molar-refractivity contribution in [2.45, 2.75) is 88.1 Å². The second kappa shape index (κ2) is 8.01. The van der Waals surface area contributed by atoms with Gasteiger partial charge in [-0.2, -0.15) is 0 Å². The number of fused-ring (bicyclic) bond motifs is 4. The number of nitrogens with zero attached hydrogens (tertiary/aromatic N) is 1. The van der Waals surface area contributed by atoms with E-state index in [9.17, 15) is 0 Å². The van der Waals surface area contributed by atoms with Gasteiger partial charge in [0.15, 0.2) is 0 Å². The normalized spacial score (nSPS) is 50.1. The van der Waals surface area contributed by atoms with Crippen molar-refractivity contribution in [2.75, 3.05) is 19.8 Å². The van der Waals surface area contributed by atoms with Gasteiger partial charge in [-0.1, -0.05) is 27.7 Å². The molecule has 4 rings (SSSR count). The van der Waals surface area contributed by atoms with Gasteiger partial charge in [0, 0.05) is 16.9 Å². The molecule has 4 saturated heterocycles. The molecule has 9 unspecified atom stereocenters. The van der Waals surface area contributed by atoms with E-state index in [2.05, 4.69) is 32.5 Å². The fraction of sp³-hybridized carbons (Fsp3) is 0.952. The minimum Gasteiger partial charge on any atom is -0.375 e. The van der Waals surface area contributed by atoms with E-state index in [0.29, 0.717) is 6.61 Å². The van der Waals surface area contributed by atoms with Crippen LogP contribution in [-0.2, 0) is 23.0 Å². The second-order valence-corrected chi connectivity index (χ2v) is 10.9. The number of hydrogen-bond acceptors (Lipinski definition) is 5. The first-order valence-electron chi connectivity index (χ1n) is 11.2. The Morgan fingerprint density at radius 1 is 0.967 bits per heavy atom. The first kappa shape index (κ1) is 23.0. The Morgan fingerprint density at radius 2 is 1.60 bits per heavy atom. The molecule has 9 atom stereocenters. The van der Waals surface area contributed by atoms with Crippen LogP contribution in [0.15, 0.2) is 0 Å². The van der Waals surface area contributed by atoms with Crippen molar-refractivity contribution in [3.05, 3.63) is 11.4 Å². The van der Waals surface area contributed by atoms with E-state index in [1.54, 1.807) is 0 Å². The van der Waals surface area contributed by atoms with E-state index < -0.39 is 30.8 Å². The van der Waals surface area contributed by atoms with Gasteiger partial charge in [-0.25, -0.2) is 6.57 Å². The van der Waals surface area contributed by atoms with Gasteiger partial charge in [-0.15, -0.1) is 0 Å². The number of rotatable bonds is 9. The number of hydrogen-bond donors (Lipinski definition) is 0. The van der Waals surface area contributed by atoms with Crippen LogP contribution in [0.4, 0.5) is 0 Å². The quantitative estimate of drug-likeness (QED) is 0.241. The Kier molecular flexibility index (Phi) is 6.15. The highest BCUT2D eigenvalue weighted by Crippen LogP contribution is 2.60. The molecule has 4 fully saturated rings. The predicted molar refractivity (Wildman–Crippen MR) is 116 cm³/mol. The zero-order chi connectivity index (χ0) is 21.8. The molecule has 0 aromatic carbocycles. The Morgan fingerprint density at radius 3 is 2.20 bits per heavy atom. The highest BCUT2D eigenvalue weighted by Gasteiger charge is 2.64. The highest BCUT2D eigenvalue weighted by atomic mass is 31.2. The van der Waals surface area contributed by atoms with Crippen molar-refractivity contribution in [2.24, 2.45) is 17.8 Å². The van der Waals surface area contributed by atoms with Gasteiger partial charge < -0.3 is 27.9 Å². The van der Waals surface area contributed by atoms with Gasteiger partial charge in [0.2, 0.25) is 6.54 Å². The molecule has 30 heavy (non-hydrogen) atoms. The maximum absolute atomic E-state index is 7.03. The van der Waals surface area contributed by atoms with E-state index in [0.717, 1.165) is 32.1 Å². The van der Waals surface area contributed by atoms with Crippen LogP contribution in [0.3, 0.4) is 0 Å². The SMILES string of the molecule is [B]C12CCC(COP(OCC[N+]#[C-])OC3C(C)C4([B])CCC3(CC)O4)(O1)C(C)C2C. The highest BCUT2D eigenvalue weighted by molar-refractivity contribution is 7.41. The van der Waals surface area contributed by atoms with Crippen molar-refractivity contribution in [1.82, 2.24) is 0 Å². The lowest BCUT2D eigenvalue weighted by atomic mass is 9.61. The topological polar surface area (TPSA) is 50.5 Å². The summed E-state index contributed by atoms with van der Waals surface area (Å²) in [4.78, 5) is 3.38. The van der Waals surface area contributed by atoms with E-state index in [-0.39, 0.29) is 37.0 Å². The van der Waals surface area contributed by atoms with Crippen molar-refractivity contribution in [1.29, 1.82) is 0 Å². The zero-order valence-corrected chi connectivity index (χ0v) is 19.5. The van der Waals surface area contributed by atoms with E-state index in [4.69, 9.17) is 45.3 Å². The molecule has 162 valence electrons. The lowest BCUT2D eigenvalue weighted by Crippen LogP contribution is -2.45. The van der Waals surface area contributed by atoms with Crippen LogP contribution in [-0.4, -0.2) is 63.8 Å². The van der Waals surface area contributed by atoms with E-state index in [1.807, 2.05) is 0 Å². The molecule has 4 aliphatic rings. The molecule has 6 nitrogen and oxygen atoms in total. The summed E-state index contributed by atoms with van der Waals surface area (Å²) in [6.45, 7) is 16.5. The van der Waals surface area contributed by atoms with Crippen LogP contribution in [0, 0.1) is 24.3 Å². The molecular weight excluding hydrogens is 399 g/mol. The largest absolute Gasteiger partial charge is 0.375 e. The van der Waals surface area contributed by atoms with Gasteiger partial charge in [0.1, 0.15) is 28.4 Å². The van der Waals surface area contributed by atoms with Crippen molar-refractivity contribution >= 4 is 24.3 Å². The molecule has 4 radical (unpaired) electrons. The van der Waals surface area contributed by atoms with Crippen molar-refractivity contribution in [3.63, 3.8) is 0 Å². The maximum atomic E-state index is 7.03. The predicted octanol–water partition coefficient (Wildman–Crippen LogP) is 3.72. The average molecular weight is 431 g/mol. The summed E-state index contributed by atoms with van der Waals surface area (Å²) in [5.74, 6) is 0.590. The van der Waals surface area contributed by atoms with E-state index >= 15 is 0 Å². The van der Waals surface area contributed by atoms with Gasteiger partial charge in [-0.05, 0) is 43.9 Å². The summed E-state index contributed by atoms with van der Waals surface area (Å²) in [6, 6.07) is 0. The molecule has 0 aromatic heterocycles. The van der Waals surface area contributed by atoms with Crippen LogP contribution in [0.1, 0.15) is 59.8 Å². The van der Waals surface area contributed by atoms with Crippen LogP contribution in [0.2, 0.25) is 0 Å². The zero-order valence-electron chi connectivity index (χ0n) is 18.6. The van der Waals surface area contributed by atoms with Gasteiger partial charge in [0.05, 0.1) is 17.8 Å². The fourth-order valence-electron chi connectivity index (χ4n) is 5.91. The minimum absolute atomic E-state index is 0.0345. The third kappa shape index (κ3) is 3.49. The van der Waals surface area contributed by atoms with Crippen LogP contribution in [0.5, 0.6) is 0 Å². The fourth-order valence-corrected chi connectivity index (χ4v) is 7.22. The summed E-state index contributed by atoms with van der Waals surface area (Å²) >= 11 is 0. The van der Waals surface area contributed by atoms with Crippen LogP contribution in [0.25, 0.3) is 4.85 Å². The first-order chi connectivity index (χ1) is 14.1. The standard InChI is InChI=1S/C21H32B2NO5P/c1-6-18-7-9-21(23,28-18)16(4)17(18)27-30(25-12-11-24-5)26-13-19-8-10-20(22,29-19)15(3)14(19)2/h14-17H,6-13H2,1-4H3. The second-order valence-electron chi connectivity index (χ2n) is 9.70. The van der Waals surface area contributed by atoms with Gasteiger partial charge in [0.25, 0.3) is 0 Å². The molecular formula is C21H32B2NO5P. The van der Waals surface area contributed by atoms with Crippen molar-refractivity contribution in [3.8, 4) is 0 Å². The van der Waals surface area contributed by atoms with Gasteiger partial charge >= 0.3 is 8.60 Å². The Labute approximate surface area is 184 Å². The van der Waals surface area contributed by atoms with Crippen molar-refractivity contribution < 1.29 is 23.0 Å². The Hall–Kier alpha value is -0.150. The smallest absolute Gasteiger partial charge is 0.333 e. The first-order valence-corrected chi connectivity index (χ1v) is 12.3. The van der Waals surface area contributed by atoms with Gasteiger partial charge in [-0.3, -0.25) is 0 Å². The molecule has 0 N–H and O–H groups in total. The average Bonchev–Trinajstić information content (AvgIpc) is 3.37. The molecule has 0 aliphatic carbocycles. The molecule has 4 heterocycles. The lowest BCUT2D eigenvalue weighted by Gasteiger charge is -2.38. The molecule has 0 amide bonds. The molecule has 4 aliphatic heterocycles. The summed E-state index contributed by atoms with van der Waals surface area (Å²) in [6.07, 6.45) is 4.04. The molecule has 4 bridgehead atoms.